The van der Waals surface area contributed by atoms with Gasteiger partial charge in [-0.15, -0.1) is 6.58 Å². The molecule has 0 aromatic carbocycles. The lowest BCUT2D eigenvalue weighted by molar-refractivity contribution is 0.220. The molecule has 1 aliphatic rings. The summed E-state index contributed by atoms with van der Waals surface area (Å²) in [5.41, 5.74) is 0. The average Bonchev–Trinajstić information content (AvgIpc) is 1.66. The minimum absolute atomic E-state index is 0.861. The molecule has 0 aliphatic heterocycles. The summed E-state index contributed by atoms with van der Waals surface area (Å²) in [7, 11) is 0. The van der Waals surface area contributed by atoms with Crippen molar-refractivity contribution in [3.63, 3.8) is 0 Å². The molecule has 8 heavy (non-hydrogen) atoms. The summed E-state index contributed by atoms with van der Waals surface area (Å²) in [6.45, 7) is 6.05. The van der Waals surface area contributed by atoms with Gasteiger partial charge in [0, 0.05) is 0 Å². The van der Waals surface area contributed by atoms with E-state index >= 15 is 0 Å². The number of allylic oxidation sites excluding steroid dienone is 1. The van der Waals surface area contributed by atoms with Crippen molar-refractivity contribution in [1.29, 1.82) is 0 Å². The van der Waals surface area contributed by atoms with Crippen molar-refractivity contribution >= 4 is 0 Å². The summed E-state index contributed by atoms with van der Waals surface area (Å²) in [6.07, 6.45) is 6.28. The highest BCUT2D eigenvalue weighted by Gasteiger charge is 2.25. The van der Waals surface area contributed by atoms with Gasteiger partial charge in [0.15, 0.2) is 0 Å². The molecule has 1 saturated carbocycles. The lowest BCUT2D eigenvalue weighted by Gasteiger charge is -2.33. The summed E-state index contributed by atoms with van der Waals surface area (Å²) in [5.74, 6) is 1.84. The predicted molar refractivity (Wildman–Crippen MR) is 36.7 cm³/mol. The first-order valence-electron chi connectivity index (χ1n) is 3.51. The van der Waals surface area contributed by atoms with E-state index in [1.165, 1.54) is 19.3 Å². The first kappa shape index (κ1) is 5.87. The topological polar surface area (TPSA) is 0 Å². The highest BCUT2D eigenvalue weighted by molar-refractivity contribution is 4.91. The van der Waals surface area contributed by atoms with Crippen molar-refractivity contribution in [3.8, 4) is 0 Å². The Labute approximate surface area is 51.6 Å². The molecular weight excluding hydrogens is 96.1 g/mol. The molecule has 2 atom stereocenters. The van der Waals surface area contributed by atoms with Gasteiger partial charge in [0.05, 0.1) is 0 Å². The molecule has 1 aliphatic carbocycles. The molecule has 2 unspecified atom stereocenters. The zero-order chi connectivity index (χ0) is 5.98. The number of hydrogen-bond acceptors (Lipinski definition) is 0. The van der Waals surface area contributed by atoms with E-state index in [9.17, 15) is 0 Å². The third-order valence-corrected chi connectivity index (χ3v) is 2.30. The van der Waals surface area contributed by atoms with Gasteiger partial charge in [-0.3, -0.25) is 0 Å². The Morgan fingerprint density at radius 2 is 2.38 bits per heavy atom. The molecule has 1 rings (SSSR count). The first-order chi connectivity index (χ1) is 3.88. The Bertz CT molecular complexity index is 82.0. The highest BCUT2D eigenvalue weighted by atomic mass is 14.3. The van der Waals surface area contributed by atoms with Crippen molar-refractivity contribution in [3.05, 3.63) is 12.7 Å². The van der Waals surface area contributed by atoms with Crippen LogP contribution in [0.2, 0.25) is 0 Å². The van der Waals surface area contributed by atoms with Gasteiger partial charge in [0.25, 0.3) is 0 Å². The maximum atomic E-state index is 3.78. The molecule has 0 heteroatoms. The van der Waals surface area contributed by atoms with Gasteiger partial charge >= 0.3 is 0 Å². The second-order valence-electron chi connectivity index (χ2n) is 2.65. The third kappa shape index (κ3) is 0.795. The molecule has 0 nitrogen and oxygen atoms in total. The summed E-state index contributed by atoms with van der Waals surface area (Å²) >= 11 is 0. The van der Waals surface area contributed by atoms with Gasteiger partial charge in [-0.1, -0.05) is 19.4 Å². The largest absolute Gasteiger partial charge is 0.103 e. The Hall–Kier alpha value is -0.260. The van der Waals surface area contributed by atoms with Crippen LogP contribution >= 0.6 is 0 Å². The van der Waals surface area contributed by atoms with Crippen LogP contribution in [0, 0.1) is 11.8 Å². The van der Waals surface area contributed by atoms with E-state index < -0.39 is 0 Å². The SMILES string of the molecule is C=CC1CCC1CC. The maximum absolute atomic E-state index is 3.78. The molecule has 0 heterocycles. The molecular formula is C8H14. The zero-order valence-corrected chi connectivity index (χ0v) is 5.56. The maximum Gasteiger partial charge on any atom is -0.0208 e. The standard InChI is InChI=1S/C8H14/c1-3-7-5-6-8(7)4-2/h3,7-8H,1,4-6H2,2H3. The zero-order valence-electron chi connectivity index (χ0n) is 5.56. The van der Waals surface area contributed by atoms with E-state index in [1.54, 1.807) is 0 Å². The van der Waals surface area contributed by atoms with Crippen molar-refractivity contribution in [2.24, 2.45) is 11.8 Å². The quantitative estimate of drug-likeness (QED) is 0.479. The molecule has 0 spiro atoms. The highest BCUT2D eigenvalue weighted by Crippen LogP contribution is 2.36. The van der Waals surface area contributed by atoms with Crippen LogP contribution in [0.15, 0.2) is 12.7 Å². The van der Waals surface area contributed by atoms with Crippen LogP contribution in [0.1, 0.15) is 26.2 Å². The van der Waals surface area contributed by atoms with Crippen LogP contribution in [0.25, 0.3) is 0 Å². The molecule has 0 radical (unpaired) electrons. The van der Waals surface area contributed by atoms with Crippen LogP contribution in [0.3, 0.4) is 0 Å². The lowest BCUT2D eigenvalue weighted by atomic mass is 9.72. The van der Waals surface area contributed by atoms with Crippen molar-refractivity contribution in [1.82, 2.24) is 0 Å². The summed E-state index contributed by atoms with van der Waals surface area (Å²) < 4.78 is 0. The molecule has 0 saturated heterocycles. The minimum atomic E-state index is 0.861. The molecule has 0 bridgehead atoms. The Kier molecular flexibility index (Phi) is 1.72. The van der Waals surface area contributed by atoms with Crippen LogP contribution in [-0.2, 0) is 0 Å². The van der Waals surface area contributed by atoms with Gasteiger partial charge < -0.3 is 0 Å². The van der Waals surface area contributed by atoms with Crippen molar-refractivity contribution < 1.29 is 0 Å². The first-order valence-corrected chi connectivity index (χ1v) is 3.51. The normalized spacial score (nSPS) is 36.1. The summed E-state index contributed by atoms with van der Waals surface area (Å²) in [6, 6.07) is 0. The Balaban J connectivity index is 2.26. The summed E-state index contributed by atoms with van der Waals surface area (Å²) in [4.78, 5) is 0. The van der Waals surface area contributed by atoms with E-state index in [4.69, 9.17) is 0 Å². The van der Waals surface area contributed by atoms with Crippen LogP contribution in [0.5, 0.6) is 0 Å². The van der Waals surface area contributed by atoms with E-state index in [2.05, 4.69) is 19.6 Å². The van der Waals surface area contributed by atoms with Gasteiger partial charge in [-0.05, 0) is 24.7 Å². The fourth-order valence-corrected chi connectivity index (χ4v) is 1.41. The monoisotopic (exact) mass is 110 g/mol. The fourth-order valence-electron chi connectivity index (χ4n) is 1.41. The molecule has 46 valence electrons. The van der Waals surface area contributed by atoms with Crippen molar-refractivity contribution in [2.75, 3.05) is 0 Å². The van der Waals surface area contributed by atoms with Gasteiger partial charge in [-0.2, -0.15) is 0 Å². The fraction of sp³-hybridized carbons (Fsp3) is 0.750. The predicted octanol–water partition coefficient (Wildman–Crippen LogP) is 2.61. The molecule has 1 fully saturated rings. The average molecular weight is 110 g/mol. The van der Waals surface area contributed by atoms with E-state index in [0.29, 0.717) is 0 Å². The molecule has 0 amide bonds. The number of rotatable bonds is 2. The van der Waals surface area contributed by atoms with Crippen LogP contribution in [-0.4, -0.2) is 0 Å². The van der Waals surface area contributed by atoms with Gasteiger partial charge in [-0.25, -0.2) is 0 Å². The Morgan fingerprint density at radius 3 is 2.50 bits per heavy atom. The van der Waals surface area contributed by atoms with Gasteiger partial charge in [0.1, 0.15) is 0 Å². The van der Waals surface area contributed by atoms with Crippen molar-refractivity contribution in [2.45, 2.75) is 26.2 Å². The Morgan fingerprint density at radius 1 is 1.62 bits per heavy atom. The van der Waals surface area contributed by atoms with Gasteiger partial charge in [0.2, 0.25) is 0 Å². The smallest absolute Gasteiger partial charge is 0.0208 e. The molecule has 0 N–H and O–H groups in total. The molecule has 0 aromatic rings. The second-order valence-corrected chi connectivity index (χ2v) is 2.65. The lowest BCUT2D eigenvalue weighted by Crippen LogP contribution is -2.22. The number of hydrogen-bond donors (Lipinski definition) is 0. The summed E-state index contributed by atoms with van der Waals surface area (Å²) in [5, 5.41) is 0. The minimum Gasteiger partial charge on any atom is -0.103 e. The second kappa shape index (κ2) is 2.34. The van der Waals surface area contributed by atoms with Crippen LogP contribution in [0.4, 0.5) is 0 Å². The van der Waals surface area contributed by atoms with E-state index in [-0.39, 0.29) is 0 Å². The third-order valence-electron chi connectivity index (χ3n) is 2.30. The van der Waals surface area contributed by atoms with Crippen LogP contribution < -0.4 is 0 Å². The van der Waals surface area contributed by atoms with E-state index in [1.807, 2.05) is 0 Å². The molecule has 0 aromatic heterocycles. The van der Waals surface area contributed by atoms with E-state index in [0.717, 1.165) is 11.8 Å².